The number of nitrogens with zero attached hydrogens (tertiary/aromatic N) is 2. The van der Waals surface area contributed by atoms with Crippen LogP contribution >= 0.6 is 0 Å². The minimum atomic E-state index is -0.793. The van der Waals surface area contributed by atoms with Crippen molar-refractivity contribution in [2.75, 3.05) is 34.2 Å². The van der Waals surface area contributed by atoms with E-state index < -0.39 is 5.54 Å². The molecule has 5 heteroatoms. The molecule has 4 N–H and O–H groups in total. The van der Waals surface area contributed by atoms with Gasteiger partial charge >= 0.3 is 0 Å². The van der Waals surface area contributed by atoms with Gasteiger partial charge in [0.15, 0.2) is 0 Å². The van der Waals surface area contributed by atoms with E-state index in [-0.39, 0.29) is 5.91 Å². The molecule has 1 fully saturated rings. The van der Waals surface area contributed by atoms with Gasteiger partial charge in [0.1, 0.15) is 0 Å². The van der Waals surface area contributed by atoms with Crippen molar-refractivity contribution in [1.29, 1.82) is 0 Å². The largest absolute Gasteiger partial charge is 0.368 e. The molecule has 0 aromatic carbocycles. The number of carbonyl (C=O) groups is 1. The lowest BCUT2D eigenvalue weighted by Crippen LogP contribution is -2.57. The van der Waals surface area contributed by atoms with Crippen LogP contribution < -0.4 is 11.5 Å². The summed E-state index contributed by atoms with van der Waals surface area (Å²) in [6, 6.07) is 0.387. The van der Waals surface area contributed by atoms with Crippen molar-refractivity contribution in [2.45, 2.75) is 43.7 Å². The van der Waals surface area contributed by atoms with E-state index in [1.165, 1.54) is 0 Å². The fourth-order valence-electron chi connectivity index (χ4n) is 2.70. The van der Waals surface area contributed by atoms with E-state index in [9.17, 15) is 4.79 Å². The highest BCUT2D eigenvalue weighted by molar-refractivity contribution is 5.84. The van der Waals surface area contributed by atoms with E-state index in [0.717, 1.165) is 38.8 Å². The van der Waals surface area contributed by atoms with Crippen molar-refractivity contribution in [3.63, 3.8) is 0 Å². The molecule has 2 unspecified atom stereocenters. The highest BCUT2D eigenvalue weighted by atomic mass is 16.1. The molecular weight excluding hydrogens is 228 g/mol. The van der Waals surface area contributed by atoms with E-state index in [2.05, 4.69) is 30.9 Å². The molecule has 1 aliphatic rings. The summed E-state index contributed by atoms with van der Waals surface area (Å²) in [4.78, 5) is 15.9. The van der Waals surface area contributed by atoms with Gasteiger partial charge in [-0.25, -0.2) is 0 Å². The second-order valence-electron chi connectivity index (χ2n) is 5.91. The minimum absolute atomic E-state index is 0.353. The van der Waals surface area contributed by atoms with Crippen LogP contribution in [0.2, 0.25) is 0 Å². The Bertz CT molecular complexity index is 282. The van der Waals surface area contributed by atoms with Gasteiger partial charge in [-0.3, -0.25) is 4.79 Å². The Morgan fingerprint density at radius 3 is 2.56 bits per heavy atom. The molecule has 1 aliphatic carbocycles. The Morgan fingerprint density at radius 2 is 2.00 bits per heavy atom. The maximum absolute atomic E-state index is 11.4. The monoisotopic (exact) mass is 256 g/mol. The van der Waals surface area contributed by atoms with Gasteiger partial charge in [0.25, 0.3) is 0 Å². The normalized spacial score (nSPS) is 28.9. The first-order valence-electron chi connectivity index (χ1n) is 6.79. The molecule has 0 bridgehead atoms. The quantitative estimate of drug-likeness (QED) is 0.701. The fourth-order valence-corrected chi connectivity index (χ4v) is 2.70. The first-order chi connectivity index (χ1) is 8.35. The maximum Gasteiger partial charge on any atom is 0.237 e. The first kappa shape index (κ1) is 15.4. The van der Waals surface area contributed by atoms with Gasteiger partial charge in [0, 0.05) is 6.04 Å². The van der Waals surface area contributed by atoms with Crippen LogP contribution in [0.25, 0.3) is 0 Å². The van der Waals surface area contributed by atoms with Crippen molar-refractivity contribution in [2.24, 2.45) is 11.5 Å². The molecule has 1 saturated carbocycles. The average Bonchev–Trinajstić information content (AvgIpc) is 2.28. The lowest BCUT2D eigenvalue weighted by Gasteiger charge is -2.39. The standard InChI is InChI=1S/C13H28N4O/c1-16(2)8-5-9-17(3)11-6-4-7-13(15,10-11)12(14)18/h11H,4-10,15H2,1-3H3,(H2,14,18). The van der Waals surface area contributed by atoms with Crippen LogP contribution in [0, 0.1) is 0 Å². The highest BCUT2D eigenvalue weighted by Crippen LogP contribution is 2.28. The molecule has 0 spiro atoms. The zero-order valence-electron chi connectivity index (χ0n) is 12.0. The zero-order valence-corrected chi connectivity index (χ0v) is 12.0. The number of rotatable bonds is 6. The van der Waals surface area contributed by atoms with Gasteiger partial charge in [-0.15, -0.1) is 0 Å². The highest BCUT2D eigenvalue weighted by Gasteiger charge is 2.38. The van der Waals surface area contributed by atoms with Gasteiger partial charge < -0.3 is 21.3 Å². The van der Waals surface area contributed by atoms with Crippen LogP contribution in [0.4, 0.5) is 0 Å². The summed E-state index contributed by atoms with van der Waals surface area (Å²) in [5.74, 6) is -0.353. The summed E-state index contributed by atoms with van der Waals surface area (Å²) in [5, 5.41) is 0. The molecule has 106 valence electrons. The second-order valence-corrected chi connectivity index (χ2v) is 5.91. The molecule has 2 atom stereocenters. The Kier molecular flexibility index (Phi) is 5.56. The molecule has 0 aromatic rings. The van der Waals surface area contributed by atoms with Crippen LogP contribution in [0.5, 0.6) is 0 Å². The van der Waals surface area contributed by atoms with Crippen LogP contribution in [0.3, 0.4) is 0 Å². The number of hydrogen-bond donors (Lipinski definition) is 2. The van der Waals surface area contributed by atoms with Crippen LogP contribution in [0.1, 0.15) is 32.1 Å². The van der Waals surface area contributed by atoms with Crippen LogP contribution in [-0.4, -0.2) is 61.5 Å². The predicted molar refractivity (Wildman–Crippen MR) is 74.2 cm³/mol. The number of primary amides is 1. The van der Waals surface area contributed by atoms with E-state index in [1.54, 1.807) is 0 Å². The molecule has 0 aromatic heterocycles. The third-order valence-corrected chi connectivity index (χ3v) is 3.99. The summed E-state index contributed by atoms with van der Waals surface area (Å²) in [7, 11) is 6.28. The van der Waals surface area contributed by atoms with Gasteiger partial charge in [-0.05, 0) is 66.3 Å². The maximum atomic E-state index is 11.4. The van der Waals surface area contributed by atoms with Crippen molar-refractivity contribution < 1.29 is 4.79 Å². The molecule has 0 heterocycles. The SMILES string of the molecule is CN(C)CCCN(C)C1CCCC(N)(C(N)=O)C1. The Morgan fingerprint density at radius 1 is 1.33 bits per heavy atom. The van der Waals surface area contributed by atoms with Crippen molar-refractivity contribution >= 4 is 5.91 Å². The number of amides is 1. The van der Waals surface area contributed by atoms with E-state index in [1.807, 2.05) is 0 Å². The predicted octanol–water partition coefficient (Wildman–Crippen LogP) is -0.00470. The van der Waals surface area contributed by atoms with Crippen molar-refractivity contribution in [1.82, 2.24) is 9.80 Å². The molecule has 5 nitrogen and oxygen atoms in total. The molecule has 0 aliphatic heterocycles. The summed E-state index contributed by atoms with van der Waals surface area (Å²) >= 11 is 0. The third-order valence-electron chi connectivity index (χ3n) is 3.99. The molecule has 0 radical (unpaired) electrons. The van der Waals surface area contributed by atoms with Gasteiger partial charge in [-0.1, -0.05) is 0 Å². The van der Waals surface area contributed by atoms with Gasteiger partial charge in [0.05, 0.1) is 5.54 Å². The molecule has 1 rings (SSSR count). The Labute approximate surface area is 110 Å². The average molecular weight is 256 g/mol. The molecular formula is C13H28N4O. The van der Waals surface area contributed by atoms with E-state index in [0.29, 0.717) is 12.5 Å². The molecule has 0 saturated heterocycles. The van der Waals surface area contributed by atoms with Gasteiger partial charge in [0.2, 0.25) is 5.91 Å². The topological polar surface area (TPSA) is 75.6 Å². The number of hydrogen-bond acceptors (Lipinski definition) is 4. The van der Waals surface area contributed by atoms with Crippen molar-refractivity contribution in [3.8, 4) is 0 Å². The van der Waals surface area contributed by atoms with E-state index >= 15 is 0 Å². The Hall–Kier alpha value is -0.650. The summed E-state index contributed by atoms with van der Waals surface area (Å²) in [6.07, 6.45) is 4.66. The minimum Gasteiger partial charge on any atom is -0.368 e. The summed E-state index contributed by atoms with van der Waals surface area (Å²) < 4.78 is 0. The van der Waals surface area contributed by atoms with Gasteiger partial charge in [-0.2, -0.15) is 0 Å². The molecule has 18 heavy (non-hydrogen) atoms. The first-order valence-corrected chi connectivity index (χ1v) is 6.79. The van der Waals surface area contributed by atoms with Crippen LogP contribution in [0.15, 0.2) is 0 Å². The van der Waals surface area contributed by atoms with Crippen molar-refractivity contribution in [3.05, 3.63) is 0 Å². The zero-order chi connectivity index (χ0) is 13.8. The Balaban J connectivity index is 2.43. The summed E-state index contributed by atoms with van der Waals surface area (Å²) in [6.45, 7) is 2.12. The third kappa shape index (κ3) is 4.23. The second kappa shape index (κ2) is 6.50. The lowest BCUT2D eigenvalue weighted by atomic mass is 9.78. The fraction of sp³-hybridized carbons (Fsp3) is 0.923. The number of carbonyl (C=O) groups excluding carboxylic acids is 1. The smallest absolute Gasteiger partial charge is 0.237 e. The van der Waals surface area contributed by atoms with Crippen LogP contribution in [-0.2, 0) is 4.79 Å². The lowest BCUT2D eigenvalue weighted by molar-refractivity contribution is -0.125. The van der Waals surface area contributed by atoms with E-state index in [4.69, 9.17) is 11.5 Å². The summed E-state index contributed by atoms with van der Waals surface area (Å²) in [5.41, 5.74) is 10.7. The number of nitrogens with two attached hydrogens (primary N) is 2. The molecule has 1 amide bonds.